The van der Waals surface area contributed by atoms with E-state index in [1.54, 1.807) is 0 Å². The average molecular weight is 277 g/mol. The number of hydrogen-bond donors (Lipinski definition) is 2. The Kier molecular flexibility index (Phi) is 3.77. The zero-order valence-corrected chi connectivity index (χ0v) is 11.7. The summed E-state index contributed by atoms with van der Waals surface area (Å²) in [7, 11) is 0. The van der Waals surface area contributed by atoms with Crippen LogP contribution in [0.3, 0.4) is 0 Å². The van der Waals surface area contributed by atoms with Gasteiger partial charge >= 0.3 is 0 Å². The monoisotopic (exact) mass is 277 g/mol. The highest BCUT2D eigenvalue weighted by Gasteiger charge is 2.31. The Morgan fingerprint density at radius 3 is 3.11 bits per heavy atom. The van der Waals surface area contributed by atoms with E-state index < -0.39 is 0 Å². The minimum absolute atomic E-state index is 0.155. The number of thioether (sulfide) groups is 1. The molecule has 1 saturated heterocycles. The van der Waals surface area contributed by atoms with Crippen molar-refractivity contribution in [3.05, 3.63) is 29.8 Å². The molecule has 2 aliphatic rings. The summed E-state index contributed by atoms with van der Waals surface area (Å²) >= 11 is 1.93. The Hall–Kier alpha value is -1.04. The highest BCUT2D eigenvalue weighted by molar-refractivity contribution is 8.00. The quantitative estimate of drug-likeness (QED) is 0.843. The zero-order chi connectivity index (χ0) is 13.2. The number of carbonyl (C=O) groups is 1. The molecular weight excluding hydrogens is 258 g/mol. The van der Waals surface area contributed by atoms with Gasteiger partial charge in [0.05, 0.1) is 0 Å². The summed E-state index contributed by atoms with van der Waals surface area (Å²) < 4.78 is 0. The third-order valence-electron chi connectivity index (χ3n) is 3.83. The zero-order valence-electron chi connectivity index (χ0n) is 10.8. The summed E-state index contributed by atoms with van der Waals surface area (Å²) in [6.07, 6.45) is 1.09. The molecule has 2 unspecified atom stereocenters. The van der Waals surface area contributed by atoms with Crippen LogP contribution in [0.5, 0.6) is 0 Å². The van der Waals surface area contributed by atoms with Crippen LogP contribution in [0.4, 0.5) is 0 Å². The molecule has 1 amide bonds. The fourth-order valence-corrected chi connectivity index (χ4v) is 4.21. The van der Waals surface area contributed by atoms with Crippen molar-refractivity contribution < 1.29 is 4.79 Å². The molecule has 5 heteroatoms. The highest BCUT2D eigenvalue weighted by Crippen LogP contribution is 2.37. The van der Waals surface area contributed by atoms with Crippen LogP contribution in [0.15, 0.2) is 29.2 Å². The molecule has 102 valence electrons. The lowest BCUT2D eigenvalue weighted by Gasteiger charge is -2.35. The van der Waals surface area contributed by atoms with Gasteiger partial charge in [0.1, 0.15) is 6.04 Å². The van der Waals surface area contributed by atoms with E-state index in [0.29, 0.717) is 11.8 Å². The van der Waals surface area contributed by atoms with E-state index in [9.17, 15) is 4.79 Å². The lowest BCUT2D eigenvalue weighted by molar-refractivity contribution is -0.123. The second-order valence-electron chi connectivity index (χ2n) is 5.17. The number of rotatable bonds is 3. The molecule has 0 aliphatic carbocycles. The van der Waals surface area contributed by atoms with Gasteiger partial charge in [0.25, 0.3) is 0 Å². The fraction of sp³-hybridized carbons (Fsp3) is 0.500. The number of carbonyl (C=O) groups excluding carboxylic acids is 1. The van der Waals surface area contributed by atoms with E-state index in [0.717, 1.165) is 26.1 Å². The molecule has 0 spiro atoms. The summed E-state index contributed by atoms with van der Waals surface area (Å²) in [5.74, 6) is -0.215. The van der Waals surface area contributed by atoms with Gasteiger partial charge in [-0.1, -0.05) is 18.2 Å². The van der Waals surface area contributed by atoms with Gasteiger partial charge in [-0.3, -0.25) is 9.69 Å². The van der Waals surface area contributed by atoms with Crippen molar-refractivity contribution >= 4 is 17.7 Å². The van der Waals surface area contributed by atoms with Gasteiger partial charge in [-0.15, -0.1) is 11.8 Å². The smallest absolute Gasteiger partial charge is 0.236 e. The highest BCUT2D eigenvalue weighted by atomic mass is 32.2. The van der Waals surface area contributed by atoms with Gasteiger partial charge in [0.15, 0.2) is 0 Å². The average Bonchev–Trinajstić information content (AvgIpc) is 2.81. The lowest BCUT2D eigenvalue weighted by atomic mass is 10.1. The first kappa shape index (κ1) is 13.0. The summed E-state index contributed by atoms with van der Waals surface area (Å²) in [6, 6.07) is 8.41. The molecule has 0 saturated carbocycles. The van der Waals surface area contributed by atoms with Gasteiger partial charge in [-0.05, 0) is 18.1 Å². The predicted molar refractivity (Wildman–Crippen MR) is 77.2 cm³/mol. The molecule has 4 nitrogen and oxygen atoms in total. The number of nitrogens with two attached hydrogens (primary N) is 1. The number of nitrogens with zero attached hydrogens (tertiary/aromatic N) is 1. The number of hydrogen-bond acceptors (Lipinski definition) is 4. The Morgan fingerprint density at radius 2 is 2.32 bits per heavy atom. The molecule has 2 heterocycles. The summed E-state index contributed by atoms with van der Waals surface area (Å²) in [5, 5.41) is 3.78. The van der Waals surface area contributed by atoms with E-state index in [4.69, 9.17) is 5.73 Å². The van der Waals surface area contributed by atoms with Gasteiger partial charge in [-0.25, -0.2) is 0 Å². The molecule has 0 radical (unpaired) electrons. The topological polar surface area (TPSA) is 58.4 Å². The van der Waals surface area contributed by atoms with Crippen molar-refractivity contribution in [2.24, 2.45) is 5.73 Å². The largest absolute Gasteiger partial charge is 0.368 e. The number of fused-ring (bicyclic) bond motifs is 1. The van der Waals surface area contributed by atoms with Crippen molar-refractivity contribution in [1.82, 2.24) is 10.2 Å². The third kappa shape index (κ3) is 2.78. The number of piperazine rings is 1. The maximum Gasteiger partial charge on any atom is 0.236 e. The molecule has 19 heavy (non-hydrogen) atoms. The molecule has 2 atom stereocenters. The minimum Gasteiger partial charge on any atom is -0.368 e. The van der Waals surface area contributed by atoms with Crippen LogP contribution in [-0.4, -0.2) is 48.3 Å². The SMILES string of the molecule is NC(=O)C1CNCCN1CC1Cc2ccccc2S1. The number of nitrogens with one attached hydrogen (secondary N) is 1. The van der Waals surface area contributed by atoms with Crippen LogP contribution in [0.2, 0.25) is 0 Å². The Bertz CT molecular complexity index is 455. The molecule has 0 aromatic heterocycles. The second kappa shape index (κ2) is 5.53. The maximum atomic E-state index is 11.5. The van der Waals surface area contributed by atoms with Gasteiger partial charge < -0.3 is 11.1 Å². The molecule has 3 rings (SSSR count). The minimum atomic E-state index is -0.215. The van der Waals surface area contributed by atoms with Crippen molar-refractivity contribution in [3.8, 4) is 0 Å². The maximum absolute atomic E-state index is 11.5. The Labute approximate surface area is 117 Å². The number of amides is 1. The van der Waals surface area contributed by atoms with Crippen molar-refractivity contribution in [3.63, 3.8) is 0 Å². The Balaban J connectivity index is 1.64. The first-order chi connectivity index (χ1) is 9.24. The first-order valence-electron chi connectivity index (χ1n) is 6.72. The number of primary amides is 1. The van der Waals surface area contributed by atoms with E-state index >= 15 is 0 Å². The van der Waals surface area contributed by atoms with Crippen LogP contribution >= 0.6 is 11.8 Å². The molecule has 1 fully saturated rings. The molecule has 3 N–H and O–H groups in total. The molecule has 1 aromatic rings. The van der Waals surface area contributed by atoms with E-state index in [-0.39, 0.29) is 11.9 Å². The van der Waals surface area contributed by atoms with Gasteiger partial charge in [0.2, 0.25) is 5.91 Å². The van der Waals surface area contributed by atoms with Crippen molar-refractivity contribution in [2.45, 2.75) is 22.6 Å². The van der Waals surface area contributed by atoms with Crippen LogP contribution in [-0.2, 0) is 11.2 Å². The summed E-state index contributed by atoms with van der Waals surface area (Å²) in [4.78, 5) is 15.1. The van der Waals surface area contributed by atoms with Crippen LogP contribution in [0.25, 0.3) is 0 Å². The predicted octanol–water partition coefficient (Wildman–Crippen LogP) is 0.463. The summed E-state index contributed by atoms with van der Waals surface area (Å²) in [5.41, 5.74) is 6.92. The van der Waals surface area contributed by atoms with E-state index in [1.807, 2.05) is 11.8 Å². The van der Waals surface area contributed by atoms with Crippen LogP contribution in [0.1, 0.15) is 5.56 Å². The number of benzene rings is 1. The van der Waals surface area contributed by atoms with Crippen molar-refractivity contribution in [2.75, 3.05) is 26.2 Å². The third-order valence-corrected chi connectivity index (χ3v) is 5.14. The second-order valence-corrected chi connectivity index (χ2v) is 6.51. The molecule has 1 aromatic carbocycles. The Morgan fingerprint density at radius 1 is 1.47 bits per heavy atom. The standard InChI is InChI=1S/C14H19N3OS/c15-14(18)12-8-16-5-6-17(12)9-11-7-10-3-1-2-4-13(10)19-11/h1-4,11-12,16H,5-9H2,(H2,15,18). The van der Waals surface area contributed by atoms with Crippen LogP contribution < -0.4 is 11.1 Å². The summed E-state index contributed by atoms with van der Waals surface area (Å²) in [6.45, 7) is 3.46. The molecule has 0 bridgehead atoms. The van der Waals surface area contributed by atoms with Gasteiger partial charge in [0, 0.05) is 36.3 Å². The van der Waals surface area contributed by atoms with E-state index in [2.05, 4.69) is 34.5 Å². The lowest BCUT2D eigenvalue weighted by Crippen LogP contribution is -2.58. The van der Waals surface area contributed by atoms with Crippen molar-refractivity contribution in [1.29, 1.82) is 0 Å². The van der Waals surface area contributed by atoms with Crippen LogP contribution in [0, 0.1) is 0 Å². The van der Waals surface area contributed by atoms with Gasteiger partial charge in [-0.2, -0.15) is 0 Å². The van der Waals surface area contributed by atoms with E-state index in [1.165, 1.54) is 10.5 Å². The fourth-order valence-electron chi connectivity index (χ4n) is 2.86. The normalized spacial score (nSPS) is 27.2. The first-order valence-corrected chi connectivity index (χ1v) is 7.60. The molecular formula is C14H19N3OS. The molecule has 2 aliphatic heterocycles.